The number of carbonyl (C=O) groups is 2. The van der Waals surface area contributed by atoms with E-state index in [1.807, 2.05) is 30.3 Å². The van der Waals surface area contributed by atoms with Gasteiger partial charge in [-0.1, -0.05) is 36.8 Å². The van der Waals surface area contributed by atoms with Crippen LogP contribution in [0.5, 0.6) is 0 Å². The van der Waals surface area contributed by atoms with Crippen molar-refractivity contribution in [1.82, 2.24) is 10.3 Å². The van der Waals surface area contributed by atoms with Gasteiger partial charge in [-0.2, -0.15) is 0 Å². The number of hydrogen-bond donors (Lipinski definition) is 2. The van der Waals surface area contributed by atoms with E-state index in [1.165, 1.54) is 6.20 Å². The van der Waals surface area contributed by atoms with E-state index < -0.39 is 23.0 Å². The second kappa shape index (κ2) is 8.39. The zero-order chi connectivity index (χ0) is 23.1. The number of fused-ring (bicyclic) bond motifs is 2. The standard InChI is InChI=1S/C26H28N2O5/c1-2-33-24(30)22-19-11-6-12-25(19,28-23(29)17-8-7-13-27-14-17)20-15-32-16-21(20)26(22,31)18-9-4-3-5-10-18/h3-5,7-10,13-14,19,22,31H,2,6,11-12,15-16H2,1H3,(H,28,29)/t19-,22+,25+,26+/m0/s1. The van der Waals surface area contributed by atoms with Crippen LogP contribution < -0.4 is 5.32 Å². The number of benzene rings is 1. The molecule has 0 bridgehead atoms. The lowest BCUT2D eigenvalue weighted by atomic mass is 9.57. The van der Waals surface area contributed by atoms with Crippen LogP contribution in [0.1, 0.15) is 42.1 Å². The van der Waals surface area contributed by atoms with Crippen molar-refractivity contribution in [3.05, 3.63) is 77.1 Å². The summed E-state index contributed by atoms with van der Waals surface area (Å²) >= 11 is 0. The normalized spacial score (nSPS) is 30.5. The third kappa shape index (κ3) is 3.30. The molecule has 1 amide bonds. The van der Waals surface area contributed by atoms with Crippen LogP contribution in [0, 0.1) is 11.8 Å². The Labute approximate surface area is 192 Å². The number of rotatable bonds is 5. The number of esters is 1. The van der Waals surface area contributed by atoms with Gasteiger partial charge in [-0.25, -0.2) is 0 Å². The number of ether oxygens (including phenoxy) is 2. The summed E-state index contributed by atoms with van der Waals surface area (Å²) in [4.78, 5) is 30.8. The molecule has 2 N–H and O–H groups in total. The van der Waals surface area contributed by atoms with Gasteiger partial charge < -0.3 is 19.9 Å². The van der Waals surface area contributed by atoms with Crippen LogP contribution in [0.15, 0.2) is 66.0 Å². The zero-order valence-corrected chi connectivity index (χ0v) is 18.6. The minimum atomic E-state index is -1.56. The highest BCUT2D eigenvalue weighted by molar-refractivity contribution is 5.95. The van der Waals surface area contributed by atoms with Crippen molar-refractivity contribution in [3.63, 3.8) is 0 Å². The molecule has 1 aromatic carbocycles. The van der Waals surface area contributed by atoms with Crippen LogP contribution in [-0.4, -0.2) is 47.3 Å². The Morgan fingerprint density at radius 2 is 1.97 bits per heavy atom. The fourth-order valence-corrected chi connectivity index (χ4v) is 6.12. The Kier molecular flexibility index (Phi) is 5.54. The van der Waals surface area contributed by atoms with Gasteiger partial charge in [-0.3, -0.25) is 14.6 Å². The lowest BCUT2D eigenvalue weighted by molar-refractivity contribution is -0.164. The topological polar surface area (TPSA) is 97.8 Å². The van der Waals surface area contributed by atoms with Crippen molar-refractivity contribution in [3.8, 4) is 0 Å². The summed E-state index contributed by atoms with van der Waals surface area (Å²) < 4.78 is 11.4. The number of nitrogens with zero attached hydrogens (tertiary/aromatic N) is 1. The highest BCUT2D eigenvalue weighted by atomic mass is 16.5. The molecule has 1 aromatic heterocycles. The summed E-state index contributed by atoms with van der Waals surface area (Å²) in [6.07, 6.45) is 5.32. The minimum absolute atomic E-state index is 0.202. The summed E-state index contributed by atoms with van der Waals surface area (Å²) in [6, 6.07) is 12.7. The summed E-state index contributed by atoms with van der Waals surface area (Å²) in [6.45, 7) is 2.49. The predicted octanol–water partition coefficient (Wildman–Crippen LogP) is 2.76. The van der Waals surface area contributed by atoms with Gasteiger partial charge in [0.1, 0.15) is 5.60 Å². The lowest BCUT2D eigenvalue weighted by Crippen LogP contribution is -2.63. The Morgan fingerprint density at radius 1 is 1.18 bits per heavy atom. The molecule has 0 saturated heterocycles. The molecule has 33 heavy (non-hydrogen) atoms. The van der Waals surface area contributed by atoms with E-state index in [9.17, 15) is 14.7 Å². The van der Waals surface area contributed by atoms with E-state index in [0.29, 0.717) is 36.1 Å². The highest BCUT2D eigenvalue weighted by Crippen LogP contribution is 2.59. The Hall–Kier alpha value is -3.03. The molecule has 0 unspecified atom stereocenters. The SMILES string of the molecule is CCOC(=O)[C@H]1[C@@H]2CCC[C@]2(NC(=O)c2cccnc2)C2=C(COC2)[C@]1(O)c1ccccc1. The molecular weight excluding hydrogens is 420 g/mol. The van der Waals surface area contributed by atoms with E-state index in [0.717, 1.165) is 12.0 Å². The van der Waals surface area contributed by atoms with E-state index in [-0.39, 0.29) is 25.0 Å². The lowest BCUT2D eigenvalue weighted by Gasteiger charge is -2.51. The quantitative estimate of drug-likeness (QED) is 0.539. The summed E-state index contributed by atoms with van der Waals surface area (Å²) in [5, 5.41) is 15.6. The molecule has 0 spiro atoms. The van der Waals surface area contributed by atoms with Crippen molar-refractivity contribution in [1.29, 1.82) is 0 Å². The first-order valence-electron chi connectivity index (χ1n) is 11.5. The second-order valence-corrected chi connectivity index (χ2v) is 8.98. The molecule has 1 fully saturated rings. The average Bonchev–Trinajstić information content (AvgIpc) is 3.49. The molecule has 3 aliphatic rings. The molecule has 0 radical (unpaired) electrons. The van der Waals surface area contributed by atoms with Crippen LogP contribution >= 0.6 is 0 Å². The molecule has 2 aliphatic carbocycles. The number of aromatic nitrogens is 1. The van der Waals surface area contributed by atoms with Crippen molar-refractivity contribution >= 4 is 11.9 Å². The number of hydrogen-bond acceptors (Lipinski definition) is 6. The van der Waals surface area contributed by atoms with Gasteiger partial charge in [0.2, 0.25) is 0 Å². The van der Waals surface area contributed by atoms with Gasteiger partial charge in [0, 0.05) is 18.3 Å². The molecule has 1 aliphatic heterocycles. The van der Waals surface area contributed by atoms with E-state index in [1.54, 1.807) is 25.3 Å². The van der Waals surface area contributed by atoms with Gasteiger partial charge in [-0.05, 0) is 48.6 Å². The summed E-state index contributed by atoms with van der Waals surface area (Å²) in [5.74, 6) is -1.89. The average molecular weight is 449 g/mol. The fraction of sp³-hybridized carbons (Fsp3) is 0.423. The molecule has 4 atom stereocenters. The van der Waals surface area contributed by atoms with Gasteiger partial charge in [0.05, 0.1) is 36.8 Å². The van der Waals surface area contributed by atoms with Crippen LogP contribution in [-0.2, 0) is 19.9 Å². The van der Waals surface area contributed by atoms with Crippen LogP contribution in [0.4, 0.5) is 0 Å². The van der Waals surface area contributed by atoms with Crippen molar-refractivity contribution in [2.24, 2.45) is 11.8 Å². The van der Waals surface area contributed by atoms with Crippen LogP contribution in [0.2, 0.25) is 0 Å². The highest BCUT2D eigenvalue weighted by Gasteiger charge is 2.65. The van der Waals surface area contributed by atoms with Gasteiger partial charge in [-0.15, -0.1) is 0 Å². The Balaban J connectivity index is 1.68. The van der Waals surface area contributed by atoms with Gasteiger partial charge >= 0.3 is 5.97 Å². The zero-order valence-electron chi connectivity index (χ0n) is 18.6. The maximum Gasteiger partial charge on any atom is 0.312 e. The minimum Gasteiger partial charge on any atom is -0.466 e. The van der Waals surface area contributed by atoms with Gasteiger partial charge in [0.15, 0.2) is 0 Å². The van der Waals surface area contributed by atoms with E-state index in [2.05, 4.69) is 10.3 Å². The molecular formula is C26H28N2O5. The second-order valence-electron chi connectivity index (χ2n) is 8.98. The molecule has 1 saturated carbocycles. The Morgan fingerprint density at radius 3 is 2.70 bits per heavy atom. The predicted molar refractivity (Wildman–Crippen MR) is 120 cm³/mol. The molecule has 7 heteroatoms. The smallest absolute Gasteiger partial charge is 0.312 e. The molecule has 7 nitrogen and oxygen atoms in total. The first-order valence-corrected chi connectivity index (χ1v) is 11.5. The van der Waals surface area contributed by atoms with Gasteiger partial charge in [0.25, 0.3) is 5.91 Å². The van der Waals surface area contributed by atoms with Crippen molar-refractivity contribution < 1.29 is 24.2 Å². The van der Waals surface area contributed by atoms with Crippen LogP contribution in [0.25, 0.3) is 0 Å². The summed E-state index contributed by atoms with van der Waals surface area (Å²) in [5.41, 5.74) is 0.300. The van der Waals surface area contributed by atoms with E-state index >= 15 is 0 Å². The summed E-state index contributed by atoms with van der Waals surface area (Å²) in [7, 11) is 0. The molecule has 2 aromatic rings. The largest absolute Gasteiger partial charge is 0.466 e. The van der Waals surface area contributed by atoms with Crippen molar-refractivity contribution in [2.75, 3.05) is 19.8 Å². The number of amides is 1. The molecule has 5 rings (SSSR count). The number of pyridine rings is 1. The van der Waals surface area contributed by atoms with E-state index in [4.69, 9.17) is 9.47 Å². The molecule has 172 valence electrons. The first kappa shape index (κ1) is 21.8. The fourth-order valence-electron chi connectivity index (χ4n) is 6.12. The van der Waals surface area contributed by atoms with Crippen LogP contribution in [0.3, 0.4) is 0 Å². The maximum atomic E-state index is 13.4. The number of nitrogens with one attached hydrogen (secondary N) is 1. The monoisotopic (exact) mass is 448 g/mol. The molecule has 2 heterocycles. The van der Waals surface area contributed by atoms with Crippen molar-refractivity contribution in [2.45, 2.75) is 37.3 Å². The third-order valence-corrected chi connectivity index (χ3v) is 7.44. The Bertz CT molecular complexity index is 1090. The number of carbonyl (C=O) groups excluding carboxylic acids is 2. The third-order valence-electron chi connectivity index (χ3n) is 7.44. The number of aliphatic hydroxyl groups is 1. The first-order chi connectivity index (χ1) is 16.0. The maximum absolute atomic E-state index is 13.4.